The molecule has 92 valence electrons. The standard InChI is InChI=1S/C12H11N3O2S/c1-17-12(16)8-2-3-9(13)10(6-8)18-11-7-14-4-5-15-11/h2-7H,13H2,1H3. The molecule has 0 amide bonds. The van der Waals surface area contributed by atoms with Gasteiger partial charge in [-0.3, -0.25) is 4.98 Å². The normalized spacial score (nSPS) is 10.1. The topological polar surface area (TPSA) is 78.1 Å². The highest BCUT2D eigenvalue weighted by Crippen LogP contribution is 2.31. The van der Waals surface area contributed by atoms with Crippen molar-refractivity contribution in [2.75, 3.05) is 12.8 Å². The molecule has 18 heavy (non-hydrogen) atoms. The Hall–Kier alpha value is -2.08. The first-order valence-corrected chi connectivity index (χ1v) is 5.94. The third kappa shape index (κ3) is 2.78. The van der Waals surface area contributed by atoms with E-state index in [0.29, 0.717) is 16.3 Å². The quantitative estimate of drug-likeness (QED) is 0.672. The SMILES string of the molecule is COC(=O)c1ccc(N)c(Sc2cnccn2)c1. The van der Waals surface area contributed by atoms with Gasteiger partial charge in [0.2, 0.25) is 0 Å². The van der Waals surface area contributed by atoms with Crippen LogP contribution in [0, 0.1) is 0 Å². The minimum Gasteiger partial charge on any atom is -0.465 e. The number of aromatic nitrogens is 2. The Labute approximate surface area is 108 Å². The number of rotatable bonds is 3. The zero-order valence-electron chi connectivity index (χ0n) is 9.66. The number of carbonyl (C=O) groups is 1. The fraction of sp³-hybridized carbons (Fsp3) is 0.0833. The second kappa shape index (κ2) is 5.50. The molecule has 0 bridgehead atoms. The minimum absolute atomic E-state index is 0.393. The number of nitrogens with zero attached hydrogens (tertiary/aromatic N) is 2. The molecule has 0 aliphatic heterocycles. The molecule has 0 unspecified atom stereocenters. The highest BCUT2D eigenvalue weighted by molar-refractivity contribution is 7.99. The fourth-order valence-electron chi connectivity index (χ4n) is 1.32. The van der Waals surface area contributed by atoms with Crippen molar-refractivity contribution in [2.24, 2.45) is 0 Å². The fourth-order valence-corrected chi connectivity index (χ4v) is 2.14. The summed E-state index contributed by atoms with van der Waals surface area (Å²) < 4.78 is 4.66. The maximum Gasteiger partial charge on any atom is 0.337 e. The van der Waals surface area contributed by atoms with Crippen molar-refractivity contribution < 1.29 is 9.53 Å². The maximum absolute atomic E-state index is 11.4. The molecule has 2 aromatic rings. The lowest BCUT2D eigenvalue weighted by Gasteiger charge is -2.06. The lowest BCUT2D eigenvalue weighted by atomic mass is 10.2. The zero-order chi connectivity index (χ0) is 13.0. The van der Waals surface area contributed by atoms with Gasteiger partial charge in [0.25, 0.3) is 0 Å². The van der Waals surface area contributed by atoms with Crippen LogP contribution in [0.1, 0.15) is 10.4 Å². The molecule has 0 aliphatic rings. The summed E-state index contributed by atoms with van der Waals surface area (Å²) >= 11 is 1.35. The van der Waals surface area contributed by atoms with E-state index in [0.717, 1.165) is 4.90 Å². The molecule has 2 N–H and O–H groups in total. The molecule has 6 heteroatoms. The summed E-state index contributed by atoms with van der Waals surface area (Å²) in [7, 11) is 1.34. The summed E-state index contributed by atoms with van der Waals surface area (Å²) in [4.78, 5) is 20.3. The van der Waals surface area contributed by atoms with Gasteiger partial charge in [0, 0.05) is 23.0 Å². The molecule has 1 aromatic carbocycles. The van der Waals surface area contributed by atoms with E-state index >= 15 is 0 Å². The van der Waals surface area contributed by atoms with E-state index in [2.05, 4.69) is 14.7 Å². The second-order valence-corrected chi connectivity index (χ2v) is 4.45. The smallest absolute Gasteiger partial charge is 0.337 e. The second-order valence-electron chi connectivity index (χ2n) is 3.39. The number of hydrogen-bond acceptors (Lipinski definition) is 6. The molecule has 0 fully saturated rings. The number of carbonyl (C=O) groups excluding carboxylic acids is 1. The van der Waals surface area contributed by atoms with Gasteiger partial charge in [0.1, 0.15) is 5.03 Å². The lowest BCUT2D eigenvalue weighted by molar-refractivity contribution is 0.0600. The first kappa shape index (κ1) is 12.4. The van der Waals surface area contributed by atoms with Crippen LogP contribution in [-0.4, -0.2) is 23.0 Å². The Bertz CT molecular complexity index is 561. The number of ether oxygens (including phenoxy) is 1. The number of anilines is 1. The van der Waals surface area contributed by atoms with Gasteiger partial charge < -0.3 is 10.5 Å². The van der Waals surface area contributed by atoms with Crippen LogP contribution in [0.2, 0.25) is 0 Å². The van der Waals surface area contributed by atoms with Gasteiger partial charge in [0.15, 0.2) is 0 Å². The van der Waals surface area contributed by atoms with E-state index in [1.165, 1.54) is 18.9 Å². The van der Waals surface area contributed by atoms with E-state index in [-0.39, 0.29) is 0 Å². The number of esters is 1. The third-order valence-electron chi connectivity index (χ3n) is 2.19. The van der Waals surface area contributed by atoms with Crippen LogP contribution in [0.4, 0.5) is 5.69 Å². The van der Waals surface area contributed by atoms with Gasteiger partial charge in [-0.1, -0.05) is 11.8 Å². The van der Waals surface area contributed by atoms with Crippen LogP contribution in [0.15, 0.2) is 46.7 Å². The Morgan fingerprint density at radius 1 is 1.39 bits per heavy atom. The van der Waals surface area contributed by atoms with Crippen molar-refractivity contribution in [3.8, 4) is 0 Å². The average Bonchev–Trinajstić information content (AvgIpc) is 2.41. The summed E-state index contributed by atoms with van der Waals surface area (Å²) in [5.74, 6) is -0.393. The lowest BCUT2D eigenvalue weighted by Crippen LogP contribution is -2.02. The van der Waals surface area contributed by atoms with Crippen molar-refractivity contribution in [3.63, 3.8) is 0 Å². The monoisotopic (exact) mass is 261 g/mol. The van der Waals surface area contributed by atoms with E-state index in [1.54, 1.807) is 36.8 Å². The highest BCUT2D eigenvalue weighted by atomic mass is 32.2. The summed E-state index contributed by atoms with van der Waals surface area (Å²) in [6.45, 7) is 0. The maximum atomic E-state index is 11.4. The van der Waals surface area contributed by atoms with E-state index in [9.17, 15) is 4.79 Å². The van der Waals surface area contributed by atoms with Crippen molar-refractivity contribution in [1.29, 1.82) is 0 Å². The molecular weight excluding hydrogens is 250 g/mol. The molecule has 0 saturated heterocycles. The number of nitrogens with two attached hydrogens (primary N) is 1. The molecule has 1 aromatic heterocycles. The number of hydrogen-bond donors (Lipinski definition) is 1. The van der Waals surface area contributed by atoms with Crippen LogP contribution in [-0.2, 0) is 4.74 Å². The van der Waals surface area contributed by atoms with Crippen molar-refractivity contribution in [2.45, 2.75) is 9.92 Å². The number of nitrogen functional groups attached to an aromatic ring is 1. The Balaban J connectivity index is 2.30. The van der Waals surface area contributed by atoms with Gasteiger partial charge in [-0.2, -0.15) is 0 Å². The molecule has 0 atom stereocenters. The average molecular weight is 261 g/mol. The first-order valence-electron chi connectivity index (χ1n) is 5.12. The van der Waals surface area contributed by atoms with Crippen LogP contribution < -0.4 is 5.73 Å². The predicted octanol–water partition coefficient (Wildman–Crippen LogP) is 2.00. The van der Waals surface area contributed by atoms with Gasteiger partial charge in [-0.05, 0) is 18.2 Å². The molecule has 0 spiro atoms. The van der Waals surface area contributed by atoms with Gasteiger partial charge in [-0.15, -0.1) is 0 Å². The highest BCUT2D eigenvalue weighted by Gasteiger charge is 2.10. The summed E-state index contributed by atoms with van der Waals surface area (Å²) in [5.41, 5.74) is 6.90. The molecule has 0 saturated carbocycles. The number of methoxy groups -OCH3 is 1. The van der Waals surface area contributed by atoms with Crippen LogP contribution in [0.25, 0.3) is 0 Å². The minimum atomic E-state index is -0.393. The number of benzene rings is 1. The molecule has 0 aliphatic carbocycles. The molecular formula is C12H11N3O2S. The Kier molecular flexibility index (Phi) is 3.78. The molecule has 0 radical (unpaired) electrons. The van der Waals surface area contributed by atoms with Gasteiger partial charge >= 0.3 is 5.97 Å². The summed E-state index contributed by atoms with van der Waals surface area (Å²) in [5, 5.41) is 0.714. The predicted molar refractivity (Wildman–Crippen MR) is 68.3 cm³/mol. The van der Waals surface area contributed by atoms with Crippen molar-refractivity contribution in [1.82, 2.24) is 9.97 Å². The van der Waals surface area contributed by atoms with E-state index in [4.69, 9.17) is 5.73 Å². The Morgan fingerprint density at radius 2 is 2.22 bits per heavy atom. The van der Waals surface area contributed by atoms with Crippen LogP contribution >= 0.6 is 11.8 Å². The van der Waals surface area contributed by atoms with Gasteiger partial charge in [0.05, 0.1) is 18.9 Å². The van der Waals surface area contributed by atoms with Crippen LogP contribution in [0.5, 0.6) is 0 Å². The Morgan fingerprint density at radius 3 is 2.89 bits per heavy atom. The van der Waals surface area contributed by atoms with Crippen molar-refractivity contribution >= 4 is 23.4 Å². The van der Waals surface area contributed by atoms with Crippen LogP contribution in [0.3, 0.4) is 0 Å². The van der Waals surface area contributed by atoms with Gasteiger partial charge in [-0.25, -0.2) is 9.78 Å². The summed E-state index contributed by atoms with van der Waals surface area (Å²) in [6.07, 6.45) is 4.83. The van der Waals surface area contributed by atoms with E-state index in [1.807, 2.05) is 0 Å². The molecule has 1 heterocycles. The summed E-state index contributed by atoms with van der Waals surface area (Å²) in [6, 6.07) is 4.98. The van der Waals surface area contributed by atoms with Crippen molar-refractivity contribution in [3.05, 3.63) is 42.4 Å². The third-order valence-corrected chi connectivity index (χ3v) is 3.18. The zero-order valence-corrected chi connectivity index (χ0v) is 10.5. The molecule has 2 rings (SSSR count). The first-order chi connectivity index (χ1) is 8.70. The largest absolute Gasteiger partial charge is 0.465 e. The molecule has 5 nitrogen and oxygen atoms in total. The van der Waals surface area contributed by atoms with E-state index < -0.39 is 5.97 Å².